The van der Waals surface area contributed by atoms with E-state index in [-0.39, 0.29) is 13.2 Å². The molecule has 0 aromatic heterocycles. The molecule has 20 heavy (non-hydrogen) atoms. The summed E-state index contributed by atoms with van der Waals surface area (Å²) in [4.78, 5) is 33.7. The van der Waals surface area contributed by atoms with Gasteiger partial charge in [0, 0.05) is 20.8 Å². The van der Waals surface area contributed by atoms with Crippen LogP contribution in [0.4, 0.5) is 0 Å². The smallest absolute Gasteiger partial charge is 0.305 e. The number of fused-ring (bicyclic) bond motifs is 2. The molecule has 112 valence electrons. The first kappa shape index (κ1) is 14.7. The van der Waals surface area contributed by atoms with Gasteiger partial charge in [0.1, 0.15) is 12.7 Å². The molecule has 3 unspecified atom stereocenters. The van der Waals surface area contributed by atoms with E-state index in [1.54, 1.807) is 0 Å². The van der Waals surface area contributed by atoms with Crippen LogP contribution in [0.5, 0.6) is 0 Å². The monoisotopic (exact) mass is 288 g/mol. The lowest BCUT2D eigenvalue weighted by molar-refractivity contribution is -0.295. The van der Waals surface area contributed by atoms with Crippen molar-refractivity contribution in [2.75, 3.05) is 13.2 Å². The van der Waals surface area contributed by atoms with E-state index in [2.05, 4.69) is 0 Å². The van der Waals surface area contributed by atoms with Gasteiger partial charge in [0.15, 0.2) is 6.10 Å². The van der Waals surface area contributed by atoms with E-state index in [4.69, 9.17) is 23.7 Å². The molecule has 8 nitrogen and oxygen atoms in total. The zero-order chi connectivity index (χ0) is 14.9. The van der Waals surface area contributed by atoms with Gasteiger partial charge in [-0.1, -0.05) is 0 Å². The zero-order valence-electron chi connectivity index (χ0n) is 11.4. The average molecular weight is 288 g/mol. The van der Waals surface area contributed by atoms with Crippen LogP contribution in [0.2, 0.25) is 0 Å². The molecule has 2 heterocycles. The minimum absolute atomic E-state index is 0.0984. The average Bonchev–Trinajstić information content (AvgIpc) is 2.48. The molecule has 2 aliphatic heterocycles. The molecular formula is C12H16O8. The highest BCUT2D eigenvalue weighted by atomic mass is 16.8. The van der Waals surface area contributed by atoms with Crippen LogP contribution in [0, 0.1) is 0 Å². The van der Waals surface area contributed by atoms with Crippen molar-refractivity contribution in [1.82, 2.24) is 0 Å². The van der Waals surface area contributed by atoms with Crippen molar-refractivity contribution in [3.63, 3.8) is 0 Å². The highest BCUT2D eigenvalue weighted by Crippen LogP contribution is 2.40. The highest BCUT2D eigenvalue weighted by Gasteiger charge is 2.64. The standard InChI is InChI=1S/C12H16O8/c1-6(13)17-10-9-4-16-5-12(20-9,19-8(3)15)11(10)18-7(2)14/h9-11H,4-5H2,1-3H3/t9?,10-,11?,12?/m0/s1. The summed E-state index contributed by atoms with van der Waals surface area (Å²) in [7, 11) is 0. The number of ether oxygens (including phenoxy) is 5. The fraction of sp³-hybridized carbons (Fsp3) is 0.750. The second-order valence-corrected chi connectivity index (χ2v) is 4.68. The molecule has 0 N–H and O–H groups in total. The number of rotatable bonds is 3. The molecule has 2 bridgehead atoms. The Labute approximate surface area is 115 Å². The molecule has 0 amide bonds. The third-order valence-corrected chi connectivity index (χ3v) is 2.95. The first-order valence-electron chi connectivity index (χ1n) is 6.13. The first-order valence-corrected chi connectivity index (χ1v) is 6.13. The summed E-state index contributed by atoms with van der Waals surface area (Å²) < 4.78 is 26.3. The topological polar surface area (TPSA) is 97.4 Å². The minimum Gasteiger partial charge on any atom is -0.455 e. The number of carbonyl (C=O) groups is 3. The van der Waals surface area contributed by atoms with Gasteiger partial charge in [-0.05, 0) is 0 Å². The summed E-state index contributed by atoms with van der Waals surface area (Å²) in [5, 5.41) is 0. The van der Waals surface area contributed by atoms with Crippen molar-refractivity contribution >= 4 is 17.9 Å². The van der Waals surface area contributed by atoms with Crippen LogP contribution in [0.15, 0.2) is 0 Å². The van der Waals surface area contributed by atoms with Crippen LogP contribution >= 0.6 is 0 Å². The van der Waals surface area contributed by atoms with E-state index >= 15 is 0 Å². The minimum atomic E-state index is -1.57. The van der Waals surface area contributed by atoms with Crippen LogP contribution in [0.1, 0.15) is 20.8 Å². The van der Waals surface area contributed by atoms with Crippen molar-refractivity contribution in [2.45, 2.75) is 44.9 Å². The Balaban J connectivity index is 2.30. The Morgan fingerprint density at radius 1 is 1.05 bits per heavy atom. The Kier molecular flexibility index (Phi) is 3.96. The van der Waals surface area contributed by atoms with Crippen molar-refractivity contribution < 1.29 is 38.1 Å². The highest BCUT2D eigenvalue weighted by molar-refractivity contribution is 5.68. The van der Waals surface area contributed by atoms with Gasteiger partial charge in [-0.15, -0.1) is 0 Å². The summed E-state index contributed by atoms with van der Waals surface area (Å²) in [5.74, 6) is -3.34. The lowest BCUT2D eigenvalue weighted by Crippen LogP contribution is -2.52. The van der Waals surface area contributed by atoms with Crippen LogP contribution < -0.4 is 0 Å². The Hall–Kier alpha value is -1.67. The van der Waals surface area contributed by atoms with E-state index in [1.807, 2.05) is 0 Å². The predicted octanol–water partition coefficient (Wildman–Crippen LogP) is -0.462. The van der Waals surface area contributed by atoms with Gasteiger partial charge in [-0.2, -0.15) is 0 Å². The van der Waals surface area contributed by atoms with E-state index in [9.17, 15) is 14.4 Å². The maximum Gasteiger partial charge on any atom is 0.305 e. The third-order valence-electron chi connectivity index (χ3n) is 2.95. The summed E-state index contributed by atoms with van der Waals surface area (Å²) in [5.41, 5.74) is 0. The second kappa shape index (κ2) is 5.37. The number of carbonyl (C=O) groups excluding carboxylic acids is 3. The molecule has 0 spiro atoms. The molecule has 0 saturated carbocycles. The largest absolute Gasteiger partial charge is 0.455 e. The van der Waals surface area contributed by atoms with Crippen molar-refractivity contribution in [1.29, 1.82) is 0 Å². The van der Waals surface area contributed by atoms with Gasteiger partial charge >= 0.3 is 17.9 Å². The number of hydrogen-bond donors (Lipinski definition) is 0. The van der Waals surface area contributed by atoms with Crippen LogP contribution in [0.3, 0.4) is 0 Å². The maximum absolute atomic E-state index is 11.2. The summed E-state index contributed by atoms with van der Waals surface area (Å²) >= 11 is 0. The van der Waals surface area contributed by atoms with Crippen molar-refractivity contribution in [2.24, 2.45) is 0 Å². The summed E-state index contributed by atoms with van der Waals surface area (Å²) in [6.07, 6.45) is -2.59. The van der Waals surface area contributed by atoms with Gasteiger partial charge in [-0.25, -0.2) is 0 Å². The number of esters is 3. The molecule has 8 heteroatoms. The van der Waals surface area contributed by atoms with E-state index in [0.717, 1.165) is 0 Å². The van der Waals surface area contributed by atoms with Gasteiger partial charge in [-0.3, -0.25) is 14.4 Å². The molecule has 0 aromatic rings. The fourth-order valence-corrected chi connectivity index (χ4v) is 2.42. The molecular weight excluding hydrogens is 272 g/mol. The maximum atomic E-state index is 11.2. The predicted molar refractivity (Wildman–Crippen MR) is 61.3 cm³/mol. The normalized spacial score (nSPS) is 35.2. The fourth-order valence-electron chi connectivity index (χ4n) is 2.42. The summed E-state index contributed by atoms with van der Waals surface area (Å²) in [6.45, 7) is 3.69. The van der Waals surface area contributed by atoms with Gasteiger partial charge in [0.25, 0.3) is 5.79 Å². The lowest BCUT2D eigenvalue weighted by atomic mass is 10.1. The third kappa shape index (κ3) is 2.75. The first-order chi connectivity index (χ1) is 9.34. The molecule has 4 atom stereocenters. The SMILES string of the molecule is CC(=O)OC1[C@@H](OC(C)=O)C2COCC1(OC(C)=O)O2. The Morgan fingerprint density at radius 3 is 2.25 bits per heavy atom. The molecule has 2 fully saturated rings. The quantitative estimate of drug-likeness (QED) is 0.508. The van der Waals surface area contributed by atoms with Crippen LogP contribution in [-0.4, -0.2) is 55.2 Å². The molecule has 2 rings (SSSR count). The van der Waals surface area contributed by atoms with Gasteiger partial charge in [0.05, 0.1) is 6.61 Å². The van der Waals surface area contributed by atoms with E-state index in [1.165, 1.54) is 20.8 Å². The molecule has 0 aromatic carbocycles. The molecule has 0 radical (unpaired) electrons. The Bertz CT molecular complexity index is 433. The molecule has 2 saturated heterocycles. The van der Waals surface area contributed by atoms with Crippen molar-refractivity contribution in [3.05, 3.63) is 0 Å². The van der Waals surface area contributed by atoms with Crippen LogP contribution in [-0.2, 0) is 38.1 Å². The summed E-state index contributed by atoms with van der Waals surface area (Å²) in [6, 6.07) is 0. The second-order valence-electron chi connectivity index (χ2n) is 4.68. The van der Waals surface area contributed by atoms with Gasteiger partial charge in [0.2, 0.25) is 6.10 Å². The molecule has 0 aliphatic carbocycles. The van der Waals surface area contributed by atoms with Crippen molar-refractivity contribution in [3.8, 4) is 0 Å². The van der Waals surface area contributed by atoms with E-state index < -0.39 is 42.0 Å². The molecule has 2 aliphatic rings. The lowest BCUT2D eigenvalue weighted by Gasteiger charge is -2.34. The zero-order valence-corrected chi connectivity index (χ0v) is 11.4. The van der Waals surface area contributed by atoms with Gasteiger partial charge < -0.3 is 23.7 Å². The Morgan fingerprint density at radius 2 is 1.70 bits per heavy atom. The van der Waals surface area contributed by atoms with E-state index in [0.29, 0.717) is 0 Å². The number of hydrogen-bond acceptors (Lipinski definition) is 8. The van der Waals surface area contributed by atoms with Crippen LogP contribution in [0.25, 0.3) is 0 Å².